The van der Waals surface area contributed by atoms with Crippen LogP contribution in [0.2, 0.25) is 0 Å². The molecule has 1 aliphatic heterocycles. The molecule has 0 bridgehead atoms. The summed E-state index contributed by atoms with van der Waals surface area (Å²) in [6.07, 6.45) is 4.26. The van der Waals surface area contributed by atoms with Gasteiger partial charge in [0.25, 0.3) is 0 Å². The summed E-state index contributed by atoms with van der Waals surface area (Å²) < 4.78 is 43.1. The third-order valence-corrected chi connectivity index (χ3v) is 7.31. The van der Waals surface area contributed by atoms with Gasteiger partial charge in [-0.3, -0.25) is 4.98 Å². The van der Waals surface area contributed by atoms with Crippen molar-refractivity contribution in [3.8, 4) is 22.4 Å². The van der Waals surface area contributed by atoms with E-state index in [0.717, 1.165) is 12.8 Å². The van der Waals surface area contributed by atoms with E-state index < -0.39 is 15.8 Å². The number of sulfonamides is 1. The highest BCUT2D eigenvalue weighted by molar-refractivity contribution is 7.89. The molecule has 2 heterocycles. The first-order valence-corrected chi connectivity index (χ1v) is 11.0. The summed E-state index contributed by atoms with van der Waals surface area (Å²) in [5.41, 5.74) is 12.8. The zero-order valence-electron chi connectivity index (χ0n) is 16.7. The van der Waals surface area contributed by atoms with Crippen molar-refractivity contribution in [2.45, 2.75) is 23.8 Å². The topological polar surface area (TPSA) is 115 Å². The Morgan fingerprint density at radius 2 is 1.87 bits per heavy atom. The van der Waals surface area contributed by atoms with E-state index in [-0.39, 0.29) is 42.4 Å². The Hall–Kier alpha value is -2.53. The van der Waals surface area contributed by atoms with Gasteiger partial charge in [-0.2, -0.15) is 17.8 Å². The van der Waals surface area contributed by atoms with E-state index in [9.17, 15) is 12.8 Å². The first-order valence-electron chi connectivity index (χ1n) is 9.60. The van der Waals surface area contributed by atoms with Gasteiger partial charge >= 0.3 is 0 Å². The number of nitrogen functional groups attached to an aromatic ring is 1. The van der Waals surface area contributed by atoms with Gasteiger partial charge in [0.05, 0.1) is 23.0 Å². The normalized spacial score (nSPS) is 16.8. The second kappa shape index (κ2) is 9.31. The molecule has 31 heavy (non-hydrogen) atoms. The van der Waals surface area contributed by atoms with Gasteiger partial charge in [0.2, 0.25) is 10.0 Å². The second-order valence-corrected chi connectivity index (χ2v) is 9.02. The van der Waals surface area contributed by atoms with Crippen LogP contribution in [-0.4, -0.2) is 41.8 Å². The minimum atomic E-state index is -3.76. The Bertz CT molecular complexity index is 1170. The molecule has 2 aromatic carbocycles. The van der Waals surface area contributed by atoms with Crippen molar-refractivity contribution in [2.24, 2.45) is 5.73 Å². The summed E-state index contributed by atoms with van der Waals surface area (Å²) in [5, 5.41) is 0. The molecule has 1 atom stereocenters. The molecule has 0 amide bonds. The SMILES string of the molecule is NC[C@@H]1CCCN1S(=O)(=O)c1ccccc1-c1ccc(-c2cnc(N)cn2)c(F)c1.S. The molecular formula is C21H24FN5O2S2. The molecule has 4 rings (SSSR count). The molecule has 1 aliphatic rings. The fourth-order valence-electron chi connectivity index (χ4n) is 3.79. The first kappa shape index (κ1) is 23.1. The van der Waals surface area contributed by atoms with Crippen molar-refractivity contribution in [3.05, 3.63) is 60.7 Å². The van der Waals surface area contributed by atoms with Crippen molar-refractivity contribution in [1.82, 2.24) is 14.3 Å². The summed E-state index contributed by atoms with van der Waals surface area (Å²) in [7, 11) is -3.76. The number of aromatic nitrogens is 2. The van der Waals surface area contributed by atoms with Crippen molar-refractivity contribution in [1.29, 1.82) is 0 Å². The van der Waals surface area contributed by atoms with E-state index in [1.165, 1.54) is 22.8 Å². The van der Waals surface area contributed by atoms with Crippen LogP contribution in [0.3, 0.4) is 0 Å². The standard InChI is InChI=1S/C21H22FN5O2S.H2S/c22-18-10-14(7-8-17(18)19-12-26-21(24)13-25-19)16-5-1-2-6-20(16)30(28,29)27-9-3-4-15(27)11-23;/h1-2,5-8,10,12-13,15H,3-4,9,11,23H2,(H2,24,26);1H2/t15-;/m0./s1. The molecule has 1 fully saturated rings. The molecule has 3 aromatic rings. The van der Waals surface area contributed by atoms with E-state index in [0.29, 0.717) is 23.4 Å². The van der Waals surface area contributed by atoms with Crippen molar-refractivity contribution < 1.29 is 12.8 Å². The van der Waals surface area contributed by atoms with Crippen molar-refractivity contribution >= 4 is 29.3 Å². The first-order chi connectivity index (χ1) is 14.4. The maximum absolute atomic E-state index is 14.9. The molecule has 0 radical (unpaired) electrons. The molecule has 7 nitrogen and oxygen atoms in total. The number of nitrogens with two attached hydrogens (primary N) is 2. The Morgan fingerprint density at radius 1 is 1.10 bits per heavy atom. The minimum absolute atomic E-state index is 0. The van der Waals surface area contributed by atoms with E-state index in [1.807, 2.05) is 0 Å². The maximum Gasteiger partial charge on any atom is 0.243 e. The van der Waals surface area contributed by atoms with Gasteiger partial charge in [0.1, 0.15) is 11.6 Å². The van der Waals surface area contributed by atoms with E-state index in [1.54, 1.807) is 36.4 Å². The van der Waals surface area contributed by atoms with Gasteiger partial charge < -0.3 is 11.5 Å². The fraction of sp³-hybridized carbons (Fsp3) is 0.238. The average molecular weight is 462 g/mol. The van der Waals surface area contributed by atoms with Crippen LogP contribution in [0, 0.1) is 5.82 Å². The van der Waals surface area contributed by atoms with Crippen LogP contribution in [0.1, 0.15) is 12.8 Å². The Balaban J connectivity index is 0.00000272. The molecular weight excluding hydrogens is 437 g/mol. The van der Waals surface area contributed by atoms with Crippen LogP contribution in [-0.2, 0) is 10.0 Å². The van der Waals surface area contributed by atoms with Crippen LogP contribution in [0.15, 0.2) is 59.8 Å². The fourth-order valence-corrected chi connectivity index (χ4v) is 5.71. The molecule has 0 saturated carbocycles. The molecule has 0 aliphatic carbocycles. The third kappa shape index (κ3) is 4.42. The van der Waals surface area contributed by atoms with Gasteiger partial charge in [0.15, 0.2) is 0 Å². The third-order valence-electron chi connectivity index (χ3n) is 5.30. The smallest absolute Gasteiger partial charge is 0.243 e. The van der Waals surface area contributed by atoms with E-state index >= 15 is 0 Å². The van der Waals surface area contributed by atoms with Crippen molar-refractivity contribution in [3.63, 3.8) is 0 Å². The highest BCUT2D eigenvalue weighted by Crippen LogP contribution is 2.34. The highest BCUT2D eigenvalue weighted by Gasteiger charge is 2.35. The number of hydrogen-bond donors (Lipinski definition) is 2. The predicted octanol–water partition coefficient (Wildman–Crippen LogP) is 2.76. The lowest BCUT2D eigenvalue weighted by Crippen LogP contribution is -2.40. The molecule has 164 valence electrons. The maximum atomic E-state index is 14.9. The van der Waals surface area contributed by atoms with Crippen LogP contribution >= 0.6 is 13.5 Å². The summed E-state index contributed by atoms with van der Waals surface area (Å²) in [4.78, 5) is 8.18. The van der Waals surface area contributed by atoms with Crippen LogP contribution in [0.25, 0.3) is 22.4 Å². The Kier molecular flexibility index (Phi) is 6.95. The largest absolute Gasteiger partial charge is 0.382 e. The number of rotatable bonds is 5. The van der Waals surface area contributed by atoms with Crippen LogP contribution < -0.4 is 11.5 Å². The molecule has 0 spiro atoms. The molecule has 1 saturated heterocycles. The van der Waals surface area contributed by atoms with Gasteiger partial charge in [0, 0.05) is 30.3 Å². The van der Waals surface area contributed by atoms with Crippen molar-refractivity contribution in [2.75, 3.05) is 18.8 Å². The zero-order valence-corrected chi connectivity index (χ0v) is 18.5. The average Bonchev–Trinajstić information content (AvgIpc) is 3.24. The van der Waals surface area contributed by atoms with Crippen LogP contribution in [0.5, 0.6) is 0 Å². The zero-order chi connectivity index (χ0) is 21.3. The number of anilines is 1. The molecule has 1 aromatic heterocycles. The summed E-state index contributed by atoms with van der Waals surface area (Å²) in [6, 6.07) is 11.0. The molecule has 10 heteroatoms. The van der Waals surface area contributed by atoms with Gasteiger partial charge in [-0.05, 0) is 36.6 Å². The number of nitrogens with zero attached hydrogens (tertiary/aromatic N) is 3. The lowest BCUT2D eigenvalue weighted by molar-refractivity contribution is 0.393. The summed E-state index contributed by atoms with van der Waals surface area (Å²) >= 11 is 0. The number of halogens is 1. The Labute approximate surface area is 187 Å². The Morgan fingerprint density at radius 3 is 2.55 bits per heavy atom. The minimum Gasteiger partial charge on any atom is -0.382 e. The second-order valence-electron chi connectivity index (χ2n) is 7.16. The number of benzene rings is 2. The number of hydrogen-bond acceptors (Lipinski definition) is 6. The van der Waals surface area contributed by atoms with Crippen LogP contribution in [0.4, 0.5) is 10.2 Å². The molecule has 4 N–H and O–H groups in total. The lowest BCUT2D eigenvalue weighted by atomic mass is 10.0. The van der Waals surface area contributed by atoms with Gasteiger partial charge in [-0.25, -0.2) is 17.8 Å². The van der Waals surface area contributed by atoms with E-state index in [4.69, 9.17) is 11.5 Å². The summed E-state index contributed by atoms with van der Waals surface area (Å²) in [6.45, 7) is 0.703. The van der Waals surface area contributed by atoms with Gasteiger partial charge in [-0.15, -0.1) is 0 Å². The predicted molar refractivity (Wildman–Crippen MR) is 124 cm³/mol. The molecule has 0 unspecified atom stereocenters. The lowest BCUT2D eigenvalue weighted by Gasteiger charge is -2.24. The van der Waals surface area contributed by atoms with Gasteiger partial charge in [-0.1, -0.05) is 24.3 Å². The highest BCUT2D eigenvalue weighted by atomic mass is 32.2. The quantitative estimate of drug-likeness (QED) is 0.604. The monoisotopic (exact) mass is 461 g/mol. The summed E-state index contributed by atoms with van der Waals surface area (Å²) in [5.74, 6) is -0.285. The van der Waals surface area contributed by atoms with E-state index in [2.05, 4.69) is 9.97 Å².